The van der Waals surface area contributed by atoms with Crippen LogP contribution in [0.15, 0.2) is 87.4 Å². The van der Waals surface area contributed by atoms with E-state index in [2.05, 4.69) is 20.5 Å². The van der Waals surface area contributed by atoms with E-state index in [0.29, 0.717) is 16.6 Å². The standard InChI is InChI=1S/C23H18ClN5O4S/c24-17-5-1-15(2-6-17)13-25-18-7-3-16(4-8-18)22-27-28-23(33-22)34-14-21(30)26-19-9-11-20(12-10-19)29(31)32/h1-13,29,31H,14H2,(H,26,30). The number of aromatic nitrogens is 2. The summed E-state index contributed by atoms with van der Waals surface area (Å²) in [5.41, 5.74) is 3.08. The number of halogens is 1. The number of hydrogen-bond donors (Lipinski definition) is 3. The van der Waals surface area contributed by atoms with Crippen LogP contribution in [0.4, 0.5) is 17.1 Å². The maximum Gasteiger partial charge on any atom is 0.277 e. The predicted octanol–water partition coefficient (Wildman–Crippen LogP) is 4.27. The first-order chi connectivity index (χ1) is 16.5. The number of carbonyl (C=O) groups excluding carboxylic acids is 1. The zero-order valence-electron chi connectivity index (χ0n) is 17.5. The molecule has 0 saturated carbocycles. The Morgan fingerprint density at radius 2 is 1.79 bits per heavy atom. The third-order valence-corrected chi connectivity index (χ3v) is 5.57. The first-order valence-corrected chi connectivity index (χ1v) is 11.3. The number of quaternary nitrogens is 1. The van der Waals surface area contributed by atoms with Crippen LogP contribution in [0, 0.1) is 5.21 Å². The molecular formula is C23H18ClN5O4S. The van der Waals surface area contributed by atoms with E-state index in [4.69, 9.17) is 21.2 Å². The highest BCUT2D eigenvalue weighted by molar-refractivity contribution is 7.99. The van der Waals surface area contributed by atoms with Gasteiger partial charge in [0.2, 0.25) is 11.8 Å². The van der Waals surface area contributed by atoms with Crippen LogP contribution >= 0.6 is 23.4 Å². The lowest BCUT2D eigenvalue weighted by molar-refractivity contribution is -0.991. The van der Waals surface area contributed by atoms with Crippen molar-refractivity contribution in [2.45, 2.75) is 5.22 Å². The number of nitrogens with zero attached hydrogens (tertiary/aromatic N) is 3. The normalized spacial score (nSPS) is 12.1. The Balaban J connectivity index is 1.30. The molecule has 0 radical (unpaired) electrons. The topological polar surface area (TPSA) is 128 Å². The largest absolute Gasteiger partial charge is 0.595 e. The molecule has 1 heterocycles. The molecule has 4 aromatic rings. The van der Waals surface area contributed by atoms with E-state index < -0.39 is 5.23 Å². The van der Waals surface area contributed by atoms with Crippen molar-refractivity contribution in [3.05, 3.63) is 88.6 Å². The minimum Gasteiger partial charge on any atom is -0.595 e. The van der Waals surface area contributed by atoms with Crippen molar-refractivity contribution < 1.29 is 19.6 Å². The molecule has 0 aliphatic rings. The molecule has 4 rings (SSSR count). The Labute approximate surface area is 203 Å². The van der Waals surface area contributed by atoms with Gasteiger partial charge in [0.25, 0.3) is 5.22 Å². The molecule has 172 valence electrons. The third kappa shape index (κ3) is 6.50. The number of benzene rings is 3. The zero-order valence-corrected chi connectivity index (χ0v) is 19.1. The second-order valence-electron chi connectivity index (χ2n) is 6.95. The van der Waals surface area contributed by atoms with E-state index in [9.17, 15) is 10.0 Å². The average Bonchev–Trinajstić information content (AvgIpc) is 3.32. The number of thioether (sulfide) groups is 1. The summed E-state index contributed by atoms with van der Waals surface area (Å²) in [4.78, 5) is 16.6. The number of amides is 1. The van der Waals surface area contributed by atoms with Gasteiger partial charge in [-0.05, 0) is 54.1 Å². The monoisotopic (exact) mass is 495 g/mol. The molecule has 0 saturated heterocycles. The molecule has 34 heavy (non-hydrogen) atoms. The molecule has 3 aromatic carbocycles. The van der Waals surface area contributed by atoms with Crippen molar-refractivity contribution in [1.82, 2.24) is 10.2 Å². The molecule has 11 heteroatoms. The molecule has 0 bridgehead atoms. The minimum absolute atomic E-state index is 0.0562. The van der Waals surface area contributed by atoms with Gasteiger partial charge in [0.15, 0.2) is 5.69 Å². The fraction of sp³-hybridized carbons (Fsp3) is 0.0435. The highest BCUT2D eigenvalue weighted by atomic mass is 35.5. The van der Waals surface area contributed by atoms with Gasteiger partial charge in [0.1, 0.15) is 0 Å². The summed E-state index contributed by atoms with van der Waals surface area (Å²) in [5, 5.41) is 30.4. The number of hydrogen-bond acceptors (Lipinski definition) is 8. The number of anilines is 1. The Morgan fingerprint density at radius 3 is 2.47 bits per heavy atom. The number of rotatable bonds is 8. The summed E-state index contributed by atoms with van der Waals surface area (Å²) in [6, 6.07) is 20.6. The lowest BCUT2D eigenvalue weighted by Crippen LogP contribution is -2.99. The maximum absolute atomic E-state index is 12.1. The van der Waals surface area contributed by atoms with Crippen molar-refractivity contribution in [3.8, 4) is 11.5 Å². The molecule has 1 atom stereocenters. The maximum atomic E-state index is 12.1. The Kier molecular flexibility index (Phi) is 7.68. The van der Waals surface area contributed by atoms with Gasteiger partial charge in [-0.15, -0.1) is 10.2 Å². The van der Waals surface area contributed by atoms with E-state index in [0.717, 1.165) is 28.6 Å². The van der Waals surface area contributed by atoms with Crippen LogP contribution in [-0.2, 0) is 4.79 Å². The summed E-state index contributed by atoms with van der Waals surface area (Å²) in [6.07, 6.45) is 1.75. The van der Waals surface area contributed by atoms with E-state index in [1.54, 1.807) is 18.3 Å². The van der Waals surface area contributed by atoms with Crippen molar-refractivity contribution in [1.29, 1.82) is 0 Å². The molecule has 1 amide bonds. The molecule has 0 aliphatic heterocycles. The van der Waals surface area contributed by atoms with Crippen LogP contribution < -0.4 is 10.5 Å². The van der Waals surface area contributed by atoms with E-state index in [1.807, 2.05) is 36.4 Å². The van der Waals surface area contributed by atoms with Crippen molar-refractivity contribution >= 4 is 52.5 Å². The fourth-order valence-electron chi connectivity index (χ4n) is 2.79. The second-order valence-corrected chi connectivity index (χ2v) is 8.31. The summed E-state index contributed by atoms with van der Waals surface area (Å²) < 4.78 is 5.64. The van der Waals surface area contributed by atoms with Crippen LogP contribution in [0.3, 0.4) is 0 Å². The molecule has 9 nitrogen and oxygen atoms in total. The van der Waals surface area contributed by atoms with Gasteiger partial charge in [0.05, 0.1) is 11.4 Å². The van der Waals surface area contributed by atoms with E-state index in [1.165, 1.54) is 24.3 Å². The molecule has 0 spiro atoms. The molecule has 3 N–H and O–H groups in total. The summed E-state index contributed by atoms with van der Waals surface area (Å²) in [5.74, 6) is 0.108. The minimum atomic E-state index is -1.03. The van der Waals surface area contributed by atoms with Gasteiger partial charge in [-0.25, -0.2) is 5.21 Å². The quantitative estimate of drug-likeness (QED) is 0.189. The average molecular weight is 496 g/mol. The predicted molar refractivity (Wildman–Crippen MR) is 130 cm³/mol. The molecule has 1 unspecified atom stereocenters. The van der Waals surface area contributed by atoms with Crippen LogP contribution in [0.25, 0.3) is 11.5 Å². The molecular weight excluding hydrogens is 478 g/mol. The smallest absolute Gasteiger partial charge is 0.277 e. The molecule has 0 fully saturated rings. The summed E-state index contributed by atoms with van der Waals surface area (Å²) in [7, 11) is 0. The van der Waals surface area contributed by atoms with Gasteiger partial charge in [0, 0.05) is 34.6 Å². The Hall–Kier alpha value is -3.54. The summed E-state index contributed by atoms with van der Waals surface area (Å²) >= 11 is 6.99. The van der Waals surface area contributed by atoms with Gasteiger partial charge >= 0.3 is 0 Å². The second kappa shape index (κ2) is 11.1. The van der Waals surface area contributed by atoms with Gasteiger partial charge < -0.3 is 14.9 Å². The van der Waals surface area contributed by atoms with Gasteiger partial charge in [-0.2, -0.15) is 5.23 Å². The molecule has 1 aromatic heterocycles. The fourth-order valence-corrected chi connectivity index (χ4v) is 3.48. The number of nitrogens with one attached hydrogen (secondary N) is 2. The SMILES string of the molecule is O=C(CSc1nnc(-c2ccc(N=Cc3ccc(Cl)cc3)cc2)o1)Nc1ccc([NH+]([O-])O)cc1. The van der Waals surface area contributed by atoms with E-state index in [-0.39, 0.29) is 22.6 Å². The van der Waals surface area contributed by atoms with Gasteiger partial charge in [-0.3, -0.25) is 9.79 Å². The highest BCUT2D eigenvalue weighted by Gasteiger charge is 2.12. The lowest BCUT2D eigenvalue weighted by atomic mass is 10.2. The van der Waals surface area contributed by atoms with Crippen molar-refractivity contribution in [2.75, 3.05) is 11.1 Å². The van der Waals surface area contributed by atoms with Crippen LogP contribution in [0.1, 0.15) is 5.56 Å². The van der Waals surface area contributed by atoms with Crippen LogP contribution in [0.2, 0.25) is 5.02 Å². The Morgan fingerprint density at radius 1 is 1.09 bits per heavy atom. The molecule has 0 aliphatic carbocycles. The summed E-state index contributed by atoms with van der Waals surface area (Å²) in [6.45, 7) is 0. The first kappa shape index (κ1) is 23.6. The van der Waals surface area contributed by atoms with Crippen molar-refractivity contribution in [2.24, 2.45) is 4.99 Å². The lowest BCUT2D eigenvalue weighted by Gasteiger charge is -2.11. The third-order valence-electron chi connectivity index (χ3n) is 4.50. The zero-order chi connectivity index (χ0) is 23.9. The van der Waals surface area contributed by atoms with E-state index >= 15 is 0 Å². The van der Waals surface area contributed by atoms with Crippen LogP contribution in [-0.4, -0.2) is 33.3 Å². The Bertz CT molecular complexity index is 1280. The van der Waals surface area contributed by atoms with Crippen molar-refractivity contribution in [3.63, 3.8) is 0 Å². The number of carbonyl (C=O) groups is 1. The first-order valence-electron chi connectivity index (χ1n) is 9.96. The van der Waals surface area contributed by atoms with Crippen LogP contribution in [0.5, 0.6) is 0 Å². The number of aliphatic imine (C=N–C) groups is 1. The highest BCUT2D eigenvalue weighted by Crippen LogP contribution is 2.25. The van der Waals surface area contributed by atoms with Gasteiger partial charge in [-0.1, -0.05) is 35.5 Å².